The van der Waals surface area contributed by atoms with Crippen LogP contribution in [-0.4, -0.2) is 18.9 Å². The molecule has 3 heterocycles. The predicted octanol–water partition coefficient (Wildman–Crippen LogP) is 3.48. The molecule has 0 aliphatic carbocycles. The van der Waals surface area contributed by atoms with Crippen LogP contribution in [0.15, 0.2) is 67.9 Å². The van der Waals surface area contributed by atoms with E-state index in [1.807, 2.05) is 31.2 Å². The van der Waals surface area contributed by atoms with Crippen LogP contribution in [-0.2, 0) is 12.3 Å². The second-order valence-corrected chi connectivity index (χ2v) is 7.77. The summed E-state index contributed by atoms with van der Waals surface area (Å²) < 4.78 is 3.96. The Morgan fingerprint density at radius 3 is 2.74 bits per heavy atom. The molecule has 3 aromatic heterocycles. The zero-order chi connectivity index (χ0) is 19.0. The van der Waals surface area contributed by atoms with E-state index in [0.717, 1.165) is 4.47 Å². The van der Waals surface area contributed by atoms with Gasteiger partial charge in [0.05, 0.1) is 16.6 Å². The summed E-state index contributed by atoms with van der Waals surface area (Å²) in [5.74, 6) is 0.451. The summed E-state index contributed by atoms with van der Waals surface area (Å²) in [5.41, 5.74) is 1.71. The van der Waals surface area contributed by atoms with E-state index < -0.39 is 0 Å². The smallest absolute Gasteiger partial charge is 0.262 e. The Hall–Kier alpha value is -2.45. The van der Waals surface area contributed by atoms with Crippen molar-refractivity contribution in [1.29, 1.82) is 0 Å². The number of rotatable bonds is 4. The molecule has 0 aliphatic rings. The number of fused-ring (bicyclic) bond motifs is 2. The topological polar surface area (TPSA) is 69.3 Å². The molecule has 8 heteroatoms. The van der Waals surface area contributed by atoms with Crippen molar-refractivity contribution in [1.82, 2.24) is 18.9 Å². The number of hydrogen-bond acceptors (Lipinski definition) is 5. The maximum absolute atomic E-state index is 12.7. The number of halogens is 1. The second kappa shape index (κ2) is 7.28. The lowest BCUT2D eigenvalue weighted by atomic mass is 10.2. The van der Waals surface area contributed by atoms with Crippen LogP contribution in [0.3, 0.4) is 0 Å². The van der Waals surface area contributed by atoms with E-state index in [4.69, 9.17) is 0 Å². The van der Waals surface area contributed by atoms with E-state index in [9.17, 15) is 9.59 Å². The van der Waals surface area contributed by atoms with Crippen molar-refractivity contribution in [3.05, 3.63) is 79.5 Å². The van der Waals surface area contributed by atoms with Crippen molar-refractivity contribution in [2.45, 2.75) is 24.4 Å². The Morgan fingerprint density at radius 1 is 1.11 bits per heavy atom. The second-order valence-electron chi connectivity index (χ2n) is 5.91. The summed E-state index contributed by atoms with van der Waals surface area (Å²) in [6.45, 7) is 2.45. The lowest BCUT2D eigenvalue weighted by Gasteiger charge is -2.11. The maximum Gasteiger partial charge on any atom is 0.262 e. The maximum atomic E-state index is 12.7. The van der Waals surface area contributed by atoms with Crippen LogP contribution in [0.2, 0.25) is 0 Å². The fraction of sp³-hybridized carbons (Fsp3) is 0.158. The molecule has 0 aliphatic heterocycles. The molecule has 0 amide bonds. The fourth-order valence-corrected chi connectivity index (χ4v) is 4.17. The fourth-order valence-electron chi connectivity index (χ4n) is 2.88. The Morgan fingerprint density at radius 2 is 1.93 bits per heavy atom. The molecule has 0 bridgehead atoms. The zero-order valence-electron chi connectivity index (χ0n) is 14.4. The molecule has 0 atom stereocenters. The Kier molecular flexibility index (Phi) is 4.84. The van der Waals surface area contributed by atoms with Gasteiger partial charge in [0.2, 0.25) is 0 Å². The van der Waals surface area contributed by atoms with E-state index in [1.165, 1.54) is 22.2 Å². The summed E-state index contributed by atoms with van der Waals surface area (Å²) in [7, 11) is 0. The molecule has 0 unspecified atom stereocenters. The minimum absolute atomic E-state index is 0.0537. The Labute approximate surface area is 167 Å². The molecule has 6 nitrogen and oxygen atoms in total. The van der Waals surface area contributed by atoms with Crippen LogP contribution in [0.5, 0.6) is 0 Å². The van der Waals surface area contributed by atoms with Gasteiger partial charge in [-0.05, 0) is 47.1 Å². The van der Waals surface area contributed by atoms with Gasteiger partial charge in [-0.15, -0.1) is 0 Å². The lowest BCUT2D eigenvalue weighted by Crippen LogP contribution is -2.22. The summed E-state index contributed by atoms with van der Waals surface area (Å²) >= 11 is 4.76. The minimum atomic E-state index is -0.142. The summed E-state index contributed by atoms with van der Waals surface area (Å²) in [4.78, 5) is 34.2. The predicted molar refractivity (Wildman–Crippen MR) is 110 cm³/mol. The van der Waals surface area contributed by atoms with Gasteiger partial charge in [-0.1, -0.05) is 23.9 Å². The van der Waals surface area contributed by atoms with Crippen molar-refractivity contribution in [2.24, 2.45) is 0 Å². The number of nitrogens with zero attached hydrogens (tertiary/aromatic N) is 4. The van der Waals surface area contributed by atoms with E-state index in [1.54, 1.807) is 22.9 Å². The number of benzene rings is 1. The largest absolute Gasteiger partial charge is 0.287 e. The Bertz CT molecular complexity index is 1280. The normalized spacial score (nSPS) is 11.3. The molecule has 0 radical (unpaired) electrons. The molecule has 0 saturated carbocycles. The third kappa shape index (κ3) is 3.42. The first kappa shape index (κ1) is 17.9. The molecule has 4 rings (SSSR count). The van der Waals surface area contributed by atoms with Gasteiger partial charge < -0.3 is 0 Å². The van der Waals surface area contributed by atoms with Crippen LogP contribution >= 0.6 is 27.7 Å². The highest BCUT2D eigenvalue weighted by molar-refractivity contribution is 9.10. The number of aromatic nitrogens is 4. The first-order chi connectivity index (χ1) is 13.1. The standard InChI is InChI=1S/C19H15BrN4O2S/c1-2-23-18(26)14-5-3-4-6-15(14)22-19(23)27-11-13-9-17(25)24-10-12(20)7-8-16(24)21-13/h3-10H,2,11H2,1H3. The third-order valence-electron chi connectivity index (χ3n) is 4.17. The first-order valence-electron chi connectivity index (χ1n) is 8.37. The van der Waals surface area contributed by atoms with Crippen LogP contribution in [0.4, 0.5) is 0 Å². The van der Waals surface area contributed by atoms with Gasteiger partial charge in [-0.25, -0.2) is 9.97 Å². The van der Waals surface area contributed by atoms with Crippen LogP contribution < -0.4 is 11.1 Å². The van der Waals surface area contributed by atoms with E-state index >= 15 is 0 Å². The highest BCUT2D eigenvalue weighted by Gasteiger charge is 2.11. The average molecular weight is 443 g/mol. The van der Waals surface area contributed by atoms with Crippen molar-refractivity contribution >= 4 is 44.2 Å². The number of pyridine rings is 1. The molecule has 0 spiro atoms. The number of hydrogen-bond donors (Lipinski definition) is 0. The van der Waals surface area contributed by atoms with Gasteiger partial charge in [0, 0.05) is 29.0 Å². The molecule has 0 saturated heterocycles. The third-order valence-corrected chi connectivity index (χ3v) is 5.65. The van der Waals surface area contributed by atoms with E-state index in [0.29, 0.717) is 39.7 Å². The first-order valence-corrected chi connectivity index (χ1v) is 10.1. The van der Waals surface area contributed by atoms with Crippen molar-refractivity contribution in [3.8, 4) is 0 Å². The molecular formula is C19H15BrN4O2S. The van der Waals surface area contributed by atoms with Crippen molar-refractivity contribution in [2.75, 3.05) is 0 Å². The summed E-state index contributed by atoms with van der Waals surface area (Å²) in [6, 6.07) is 12.5. The summed E-state index contributed by atoms with van der Waals surface area (Å²) in [6.07, 6.45) is 1.70. The SMILES string of the molecule is CCn1c(SCc2cc(=O)n3cc(Br)ccc3n2)nc2ccccc2c1=O. The van der Waals surface area contributed by atoms with Gasteiger partial charge in [-0.2, -0.15) is 0 Å². The lowest BCUT2D eigenvalue weighted by molar-refractivity contribution is 0.634. The molecule has 0 N–H and O–H groups in total. The zero-order valence-corrected chi connectivity index (χ0v) is 16.8. The monoisotopic (exact) mass is 442 g/mol. The highest BCUT2D eigenvalue weighted by atomic mass is 79.9. The molecule has 27 heavy (non-hydrogen) atoms. The summed E-state index contributed by atoms with van der Waals surface area (Å²) in [5, 5.41) is 1.23. The number of thioether (sulfide) groups is 1. The molecule has 136 valence electrons. The quantitative estimate of drug-likeness (QED) is 0.357. The van der Waals surface area contributed by atoms with Gasteiger partial charge in [0.25, 0.3) is 11.1 Å². The van der Waals surface area contributed by atoms with Gasteiger partial charge >= 0.3 is 0 Å². The van der Waals surface area contributed by atoms with Crippen molar-refractivity contribution in [3.63, 3.8) is 0 Å². The van der Waals surface area contributed by atoms with Crippen LogP contribution in [0, 0.1) is 0 Å². The van der Waals surface area contributed by atoms with Gasteiger partial charge in [0.1, 0.15) is 5.65 Å². The Balaban J connectivity index is 1.71. The minimum Gasteiger partial charge on any atom is -0.287 e. The van der Waals surface area contributed by atoms with Crippen molar-refractivity contribution < 1.29 is 0 Å². The van der Waals surface area contributed by atoms with E-state index in [2.05, 4.69) is 25.9 Å². The average Bonchev–Trinajstić information content (AvgIpc) is 2.67. The van der Waals surface area contributed by atoms with Gasteiger partial charge in [-0.3, -0.25) is 18.6 Å². The molecular weight excluding hydrogens is 428 g/mol. The van der Waals surface area contributed by atoms with Crippen LogP contribution in [0.1, 0.15) is 12.6 Å². The highest BCUT2D eigenvalue weighted by Crippen LogP contribution is 2.21. The number of para-hydroxylation sites is 1. The van der Waals surface area contributed by atoms with Crippen LogP contribution in [0.25, 0.3) is 16.6 Å². The molecule has 4 aromatic rings. The van der Waals surface area contributed by atoms with E-state index in [-0.39, 0.29) is 11.1 Å². The van der Waals surface area contributed by atoms with Gasteiger partial charge in [0.15, 0.2) is 5.16 Å². The molecule has 1 aromatic carbocycles. The molecule has 0 fully saturated rings.